The second-order valence-corrected chi connectivity index (χ2v) is 6.82. The third-order valence-corrected chi connectivity index (χ3v) is 3.67. The van der Waals surface area contributed by atoms with Crippen molar-refractivity contribution in [1.29, 1.82) is 0 Å². The van der Waals surface area contributed by atoms with Crippen molar-refractivity contribution >= 4 is 28.6 Å². The third-order valence-electron chi connectivity index (χ3n) is 2.29. The summed E-state index contributed by atoms with van der Waals surface area (Å²) in [4.78, 5) is 30.9. The number of amides is 1. The van der Waals surface area contributed by atoms with Gasteiger partial charge in [-0.2, -0.15) is 4.99 Å². The molecule has 1 rings (SSSR count). The number of carbonyl (C=O) groups is 1. The summed E-state index contributed by atoms with van der Waals surface area (Å²) in [5.74, 6) is 0. The number of rotatable bonds is 3. The molecule has 1 aromatic rings. The van der Waals surface area contributed by atoms with Gasteiger partial charge in [0.25, 0.3) is 0 Å². The Labute approximate surface area is 122 Å². The van der Waals surface area contributed by atoms with Gasteiger partial charge in [0.15, 0.2) is 5.13 Å². The molecule has 0 saturated carbocycles. The maximum atomic E-state index is 11.7. The number of ether oxygens (including phenoxy) is 1. The normalized spacial score (nSPS) is 11.7. The van der Waals surface area contributed by atoms with Crippen LogP contribution >= 0.6 is 11.3 Å². The second kappa shape index (κ2) is 5.73. The van der Waals surface area contributed by atoms with Crippen LogP contribution in [0.1, 0.15) is 45.2 Å². The van der Waals surface area contributed by atoms with E-state index in [0.29, 0.717) is 10.8 Å². The highest BCUT2D eigenvalue weighted by molar-refractivity contribution is 7.16. The molecule has 20 heavy (non-hydrogen) atoms. The molecule has 0 unspecified atom stereocenters. The van der Waals surface area contributed by atoms with Crippen LogP contribution in [0.25, 0.3) is 0 Å². The zero-order valence-corrected chi connectivity index (χ0v) is 13.3. The first-order valence-corrected chi connectivity index (χ1v) is 6.94. The van der Waals surface area contributed by atoms with Crippen molar-refractivity contribution in [3.63, 3.8) is 0 Å². The number of hydrogen-bond donors (Lipinski definition) is 1. The minimum Gasteiger partial charge on any atom is -0.444 e. The number of hydrogen-bond acceptors (Lipinski definition) is 6. The van der Waals surface area contributed by atoms with Crippen molar-refractivity contribution in [1.82, 2.24) is 4.98 Å². The van der Waals surface area contributed by atoms with Gasteiger partial charge in [-0.05, 0) is 41.5 Å². The van der Waals surface area contributed by atoms with Crippen LogP contribution < -0.4 is 5.32 Å². The van der Waals surface area contributed by atoms with Crippen molar-refractivity contribution in [2.75, 3.05) is 5.32 Å². The second-order valence-electron chi connectivity index (χ2n) is 5.82. The van der Waals surface area contributed by atoms with E-state index in [1.165, 1.54) is 11.3 Å². The van der Waals surface area contributed by atoms with Gasteiger partial charge in [-0.25, -0.2) is 14.6 Å². The molecule has 110 valence electrons. The van der Waals surface area contributed by atoms with E-state index in [0.717, 1.165) is 4.88 Å². The Bertz CT molecular complexity index is 552. The average Bonchev–Trinajstić information content (AvgIpc) is 2.56. The van der Waals surface area contributed by atoms with Gasteiger partial charge in [0.05, 0.1) is 10.6 Å². The smallest absolute Gasteiger partial charge is 0.413 e. The first kappa shape index (κ1) is 16.3. The van der Waals surface area contributed by atoms with E-state index in [2.05, 4.69) is 15.3 Å². The molecule has 6 nitrogen and oxygen atoms in total. The number of thiazole rings is 1. The Hall–Kier alpha value is -1.72. The summed E-state index contributed by atoms with van der Waals surface area (Å²) in [6.45, 7) is 10.7. The van der Waals surface area contributed by atoms with Crippen LogP contribution in [0.2, 0.25) is 0 Å². The number of aliphatic imine (C=N–C) groups is 1. The lowest BCUT2D eigenvalue weighted by atomic mass is 10.0. The van der Waals surface area contributed by atoms with Gasteiger partial charge >= 0.3 is 6.09 Å². The summed E-state index contributed by atoms with van der Waals surface area (Å²) in [7, 11) is 0. The van der Waals surface area contributed by atoms with Gasteiger partial charge in [0.2, 0.25) is 6.08 Å². The topological polar surface area (TPSA) is 80.7 Å². The van der Waals surface area contributed by atoms with E-state index in [9.17, 15) is 9.59 Å². The average molecular weight is 297 g/mol. The van der Waals surface area contributed by atoms with Gasteiger partial charge in [0, 0.05) is 0 Å². The van der Waals surface area contributed by atoms with Crippen LogP contribution in [0.3, 0.4) is 0 Å². The van der Waals surface area contributed by atoms with Gasteiger partial charge in [-0.15, -0.1) is 0 Å². The molecule has 0 bridgehead atoms. The Balaban J connectivity index is 2.91. The van der Waals surface area contributed by atoms with Crippen LogP contribution in [0.4, 0.5) is 9.93 Å². The number of carbonyl (C=O) groups excluding carboxylic acids is 2. The Morgan fingerprint density at radius 3 is 2.45 bits per heavy atom. The summed E-state index contributed by atoms with van der Waals surface area (Å²) < 4.78 is 5.15. The summed E-state index contributed by atoms with van der Waals surface area (Å²) >= 11 is 1.27. The lowest BCUT2D eigenvalue weighted by molar-refractivity contribution is 0.0636. The van der Waals surface area contributed by atoms with E-state index in [4.69, 9.17) is 4.74 Å². The predicted molar refractivity (Wildman–Crippen MR) is 77.9 cm³/mol. The fraction of sp³-hybridized carbons (Fsp3) is 0.615. The SMILES string of the molecule is Cc1nc(NC(=O)OC(C)(C)C)sc1C(C)(C)N=C=O. The molecular weight excluding hydrogens is 278 g/mol. The van der Waals surface area contributed by atoms with Gasteiger partial charge in [-0.3, -0.25) is 5.32 Å². The largest absolute Gasteiger partial charge is 0.444 e. The van der Waals surface area contributed by atoms with Crippen molar-refractivity contribution in [2.45, 2.75) is 52.7 Å². The molecule has 0 aromatic carbocycles. The molecule has 0 radical (unpaired) electrons. The number of anilines is 1. The fourth-order valence-electron chi connectivity index (χ4n) is 1.57. The van der Waals surface area contributed by atoms with Crippen LogP contribution in [-0.4, -0.2) is 22.8 Å². The Morgan fingerprint density at radius 2 is 1.95 bits per heavy atom. The highest BCUT2D eigenvalue weighted by Crippen LogP contribution is 2.34. The summed E-state index contributed by atoms with van der Waals surface area (Å²) in [6.07, 6.45) is 0.996. The molecule has 0 aliphatic carbocycles. The summed E-state index contributed by atoms with van der Waals surface area (Å²) in [6, 6.07) is 0. The van der Waals surface area contributed by atoms with Gasteiger partial charge < -0.3 is 4.74 Å². The monoisotopic (exact) mass is 297 g/mol. The number of aromatic nitrogens is 1. The van der Waals surface area contributed by atoms with E-state index in [1.807, 2.05) is 0 Å². The first-order valence-electron chi connectivity index (χ1n) is 6.12. The predicted octanol–water partition coefficient (Wildman–Crippen LogP) is 3.37. The van der Waals surface area contributed by atoms with Crippen LogP contribution in [0, 0.1) is 6.92 Å². The lowest BCUT2D eigenvalue weighted by Crippen LogP contribution is -2.27. The number of nitrogens with one attached hydrogen (secondary N) is 1. The number of nitrogens with zero attached hydrogens (tertiary/aromatic N) is 2. The Kier molecular flexibility index (Phi) is 4.68. The van der Waals surface area contributed by atoms with Crippen LogP contribution in [0.15, 0.2) is 4.99 Å². The van der Waals surface area contributed by atoms with Crippen molar-refractivity contribution in [3.05, 3.63) is 10.6 Å². The molecule has 0 spiro atoms. The van der Waals surface area contributed by atoms with Gasteiger partial charge in [-0.1, -0.05) is 11.3 Å². The quantitative estimate of drug-likeness (QED) is 0.685. The molecule has 0 atom stereocenters. The van der Waals surface area contributed by atoms with Crippen molar-refractivity contribution in [3.8, 4) is 0 Å². The number of isocyanates is 1. The highest BCUT2D eigenvalue weighted by Gasteiger charge is 2.26. The molecule has 1 heterocycles. The zero-order valence-electron chi connectivity index (χ0n) is 12.5. The minimum absolute atomic E-state index is 0.418. The molecular formula is C13H19N3O3S. The van der Waals surface area contributed by atoms with Gasteiger partial charge in [0.1, 0.15) is 11.1 Å². The lowest BCUT2D eigenvalue weighted by Gasteiger charge is -2.19. The maximum Gasteiger partial charge on any atom is 0.413 e. The highest BCUT2D eigenvalue weighted by atomic mass is 32.1. The first-order chi connectivity index (χ1) is 9.05. The Morgan fingerprint density at radius 1 is 1.35 bits per heavy atom. The molecule has 0 aliphatic heterocycles. The van der Waals surface area contributed by atoms with E-state index < -0.39 is 17.2 Å². The molecule has 0 aliphatic rings. The third kappa shape index (κ3) is 4.43. The molecule has 0 fully saturated rings. The van der Waals surface area contributed by atoms with E-state index >= 15 is 0 Å². The van der Waals surface area contributed by atoms with Crippen molar-refractivity contribution in [2.24, 2.45) is 4.99 Å². The van der Waals surface area contributed by atoms with E-state index in [-0.39, 0.29) is 0 Å². The summed E-state index contributed by atoms with van der Waals surface area (Å²) in [5, 5.41) is 3.00. The molecule has 0 saturated heterocycles. The fourth-order valence-corrected chi connectivity index (χ4v) is 2.57. The molecule has 1 amide bonds. The zero-order chi connectivity index (χ0) is 15.6. The maximum absolute atomic E-state index is 11.7. The van der Waals surface area contributed by atoms with E-state index in [1.54, 1.807) is 47.6 Å². The van der Waals surface area contributed by atoms with Crippen LogP contribution in [0.5, 0.6) is 0 Å². The standard InChI is InChI=1S/C13H19N3O3S/c1-8-9(13(5,6)14-7-17)20-10(15-8)16-11(18)19-12(2,3)4/h1-6H3,(H,15,16,18). The van der Waals surface area contributed by atoms with Crippen LogP contribution in [-0.2, 0) is 15.1 Å². The molecule has 7 heteroatoms. The number of aryl methyl sites for hydroxylation is 1. The molecule has 1 N–H and O–H groups in total. The summed E-state index contributed by atoms with van der Waals surface area (Å²) in [5.41, 5.74) is -0.567. The minimum atomic E-state index is -0.711. The van der Waals surface area contributed by atoms with Crippen molar-refractivity contribution < 1.29 is 14.3 Å². The molecule has 1 aromatic heterocycles.